The van der Waals surface area contributed by atoms with Crippen molar-refractivity contribution in [3.05, 3.63) is 45.4 Å². The lowest BCUT2D eigenvalue weighted by Crippen LogP contribution is -2.29. The lowest BCUT2D eigenvalue weighted by Gasteiger charge is -2.17. The Bertz CT molecular complexity index is 677. The van der Waals surface area contributed by atoms with Crippen LogP contribution >= 0.6 is 11.3 Å². The number of amides is 1. The zero-order valence-electron chi connectivity index (χ0n) is 10.6. The van der Waals surface area contributed by atoms with E-state index in [0.29, 0.717) is 12.1 Å². The largest absolute Gasteiger partial charge is 0.299 e. The van der Waals surface area contributed by atoms with Crippen LogP contribution in [0.5, 0.6) is 0 Å². The number of carbonyl (C=O) groups is 2. The highest BCUT2D eigenvalue weighted by Crippen LogP contribution is 2.34. The summed E-state index contributed by atoms with van der Waals surface area (Å²) in [5.74, 6) is -0.878. The van der Waals surface area contributed by atoms with Crippen molar-refractivity contribution in [2.75, 3.05) is 4.90 Å². The molecular formula is C14H12N2O2S. The van der Waals surface area contributed by atoms with Crippen LogP contribution in [0.2, 0.25) is 0 Å². The molecule has 4 nitrogen and oxygen atoms in total. The van der Waals surface area contributed by atoms with Gasteiger partial charge in [0.05, 0.1) is 17.8 Å². The van der Waals surface area contributed by atoms with Crippen molar-refractivity contribution in [3.63, 3.8) is 0 Å². The normalized spacial score (nSPS) is 14.1. The second-order valence-corrected chi connectivity index (χ2v) is 5.60. The summed E-state index contributed by atoms with van der Waals surface area (Å²) < 4.78 is 0. The van der Waals surface area contributed by atoms with Gasteiger partial charge in [0.15, 0.2) is 0 Å². The average molecular weight is 272 g/mol. The standard InChI is InChI=1S/C14H12N2O2S/c1-8-5-9(2)12-10(6-8)13(17)14(18)16(12)7-11-15-3-4-19-11/h3-6H,7H2,1-2H3. The molecule has 96 valence electrons. The van der Waals surface area contributed by atoms with Crippen molar-refractivity contribution in [2.24, 2.45) is 0 Å². The van der Waals surface area contributed by atoms with Gasteiger partial charge in [-0.15, -0.1) is 11.3 Å². The predicted octanol–water partition coefficient (Wildman–Crippen LogP) is 2.49. The molecule has 0 saturated carbocycles. The van der Waals surface area contributed by atoms with E-state index < -0.39 is 11.7 Å². The fourth-order valence-corrected chi connectivity index (χ4v) is 3.05. The van der Waals surface area contributed by atoms with Gasteiger partial charge in [0.1, 0.15) is 5.01 Å². The quantitative estimate of drug-likeness (QED) is 0.789. The number of carbonyl (C=O) groups excluding carboxylic acids is 2. The minimum atomic E-state index is -0.459. The molecule has 0 saturated heterocycles. The van der Waals surface area contributed by atoms with Crippen LogP contribution in [0.25, 0.3) is 0 Å². The summed E-state index contributed by atoms with van der Waals surface area (Å²) in [5, 5.41) is 2.69. The van der Waals surface area contributed by atoms with Gasteiger partial charge in [0.25, 0.3) is 11.7 Å². The Morgan fingerprint density at radius 1 is 1.26 bits per heavy atom. The third-order valence-electron chi connectivity index (χ3n) is 3.18. The number of benzene rings is 1. The van der Waals surface area contributed by atoms with Crippen LogP contribution in [0.1, 0.15) is 26.5 Å². The average Bonchev–Trinajstić information content (AvgIpc) is 2.93. The number of anilines is 1. The van der Waals surface area contributed by atoms with E-state index in [1.807, 2.05) is 25.3 Å². The highest BCUT2D eigenvalue weighted by Gasteiger charge is 2.37. The van der Waals surface area contributed by atoms with Crippen LogP contribution in [0.3, 0.4) is 0 Å². The molecule has 0 unspecified atom stereocenters. The number of nitrogens with zero attached hydrogens (tertiary/aromatic N) is 2. The molecule has 5 heteroatoms. The number of fused-ring (bicyclic) bond motifs is 1. The van der Waals surface area contributed by atoms with E-state index in [1.165, 1.54) is 16.2 Å². The summed E-state index contributed by atoms with van der Waals surface area (Å²) >= 11 is 1.48. The van der Waals surface area contributed by atoms with Crippen molar-refractivity contribution >= 4 is 28.7 Å². The van der Waals surface area contributed by atoms with Gasteiger partial charge in [-0.2, -0.15) is 0 Å². The number of aromatic nitrogens is 1. The SMILES string of the molecule is Cc1cc(C)c2c(c1)C(=O)C(=O)N2Cc1nccs1. The molecule has 2 aromatic rings. The number of Topliss-reactive ketones (excluding diaryl/α,β-unsaturated/α-hetero) is 1. The molecule has 0 N–H and O–H groups in total. The van der Waals surface area contributed by atoms with Crippen molar-refractivity contribution in [3.8, 4) is 0 Å². The first-order valence-electron chi connectivity index (χ1n) is 5.93. The molecule has 2 heterocycles. The molecule has 0 aliphatic carbocycles. The molecule has 3 rings (SSSR count). The number of aryl methyl sites for hydroxylation is 2. The second-order valence-electron chi connectivity index (χ2n) is 4.62. The lowest BCUT2D eigenvalue weighted by atomic mass is 10.0. The Balaban J connectivity index is 2.09. The molecular weight excluding hydrogens is 260 g/mol. The maximum Gasteiger partial charge on any atom is 0.299 e. The molecule has 1 aromatic heterocycles. The van der Waals surface area contributed by atoms with Crippen molar-refractivity contribution in [1.82, 2.24) is 4.98 Å². The van der Waals surface area contributed by atoms with Gasteiger partial charge in [-0.25, -0.2) is 4.98 Å². The lowest BCUT2D eigenvalue weighted by molar-refractivity contribution is -0.114. The van der Waals surface area contributed by atoms with Crippen LogP contribution in [0.15, 0.2) is 23.7 Å². The summed E-state index contributed by atoms with van der Waals surface area (Å²) in [6.45, 7) is 4.21. The summed E-state index contributed by atoms with van der Waals surface area (Å²) in [6.07, 6.45) is 1.70. The van der Waals surface area contributed by atoms with Crippen LogP contribution in [0, 0.1) is 13.8 Å². The van der Waals surface area contributed by atoms with E-state index in [-0.39, 0.29) is 0 Å². The number of hydrogen-bond acceptors (Lipinski definition) is 4. The van der Waals surface area contributed by atoms with Gasteiger partial charge < -0.3 is 0 Å². The van der Waals surface area contributed by atoms with Crippen molar-refractivity contribution < 1.29 is 9.59 Å². The predicted molar refractivity (Wildman–Crippen MR) is 73.6 cm³/mol. The number of thiazole rings is 1. The minimum Gasteiger partial charge on any atom is -0.298 e. The zero-order valence-corrected chi connectivity index (χ0v) is 11.5. The van der Waals surface area contributed by atoms with Gasteiger partial charge in [-0.3, -0.25) is 14.5 Å². The van der Waals surface area contributed by atoms with E-state index >= 15 is 0 Å². The fraction of sp³-hybridized carbons (Fsp3) is 0.214. The second kappa shape index (κ2) is 4.28. The Morgan fingerprint density at radius 3 is 2.74 bits per heavy atom. The Morgan fingerprint density at radius 2 is 2.05 bits per heavy atom. The van der Waals surface area contributed by atoms with E-state index in [0.717, 1.165) is 21.8 Å². The minimum absolute atomic E-state index is 0.360. The van der Waals surface area contributed by atoms with Crippen LogP contribution in [0.4, 0.5) is 5.69 Å². The highest BCUT2D eigenvalue weighted by molar-refractivity contribution is 7.09. The molecule has 1 aromatic carbocycles. The Labute approximate surface area is 114 Å². The smallest absolute Gasteiger partial charge is 0.298 e. The molecule has 1 amide bonds. The van der Waals surface area contributed by atoms with Gasteiger partial charge >= 0.3 is 0 Å². The number of hydrogen-bond donors (Lipinski definition) is 0. The maximum absolute atomic E-state index is 12.1. The summed E-state index contributed by atoms with van der Waals surface area (Å²) in [5.41, 5.74) is 3.19. The van der Waals surface area contributed by atoms with Crippen LogP contribution in [-0.2, 0) is 11.3 Å². The van der Waals surface area contributed by atoms with Crippen LogP contribution in [-0.4, -0.2) is 16.7 Å². The molecule has 0 spiro atoms. The zero-order chi connectivity index (χ0) is 13.6. The molecule has 1 aliphatic rings. The highest BCUT2D eigenvalue weighted by atomic mass is 32.1. The van der Waals surface area contributed by atoms with Gasteiger partial charge in [0.2, 0.25) is 0 Å². The fourth-order valence-electron chi connectivity index (χ4n) is 2.45. The first-order valence-corrected chi connectivity index (χ1v) is 6.81. The molecule has 0 fully saturated rings. The van der Waals surface area contributed by atoms with Crippen molar-refractivity contribution in [1.29, 1.82) is 0 Å². The first-order chi connectivity index (χ1) is 9.08. The van der Waals surface area contributed by atoms with Crippen LogP contribution < -0.4 is 4.90 Å². The molecule has 19 heavy (non-hydrogen) atoms. The number of rotatable bonds is 2. The molecule has 0 bridgehead atoms. The van der Waals surface area contributed by atoms with Gasteiger partial charge in [-0.1, -0.05) is 6.07 Å². The van der Waals surface area contributed by atoms with Gasteiger partial charge in [-0.05, 0) is 31.0 Å². The molecule has 0 atom stereocenters. The van der Waals surface area contributed by atoms with E-state index in [4.69, 9.17) is 0 Å². The van der Waals surface area contributed by atoms with E-state index in [1.54, 1.807) is 12.3 Å². The third kappa shape index (κ3) is 1.86. The summed E-state index contributed by atoms with van der Waals surface area (Å²) in [6, 6.07) is 3.77. The topological polar surface area (TPSA) is 50.3 Å². The Kier molecular flexibility index (Phi) is 2.71. The van der Waals surface area contributed by atoms with E-state index in [2.05, 4.69) is 4.98 Å². The molecule has 1 aliphatic heterocycles. The monoisotopic (exact) mass is 272 g/mol. The first kappa shape index (κ1) is 12.0. The van der Waals surface area contributed by atoms with Gasteiger partial charge in [0, 0.05) is 11.6 Å². The van der Waals surface area contributed by atoms with Crippen molar-refractivity contribution in [2.45, 2.75) is 20.4 Å². The summed E-state index contributed by atoms with van der Waals surface area (Å²) in [4.78, 5) is 29.8. The number of ketones is 1. The molecule has 0 radical (unpaired) electrons. The summed E-state index contributed by atoms with van der Waals surface area (Å²) in [7, 11) is 0. The third-order valence-corrected chi connectivity index (χ3v) is 3.94. The maximum atomic E-state index is 12.1. The van der Waals surface area contributed by atoms with E-state index in [9.17, 15) is 9.59 Å². The Hall–Kier alpha value is -2.01.